The van der Waals surface area contributed by atoms with Crippen molar-refractivity contribution >= 4 is 48.4 Å². The number of amides is 2. The molecule has 1 aliphatic rings. The molecule has 7 nitrogen and oxygen atoms in total. The van der Waals surface area contributed by atoms with E-state index in [1.807, 2.05) is 54.6 Å². The van der Waals surface area contributed by atoms with Crippen molar-refractivity contribution in [1.82, 2.24) is 15.2 Å². The molecular formula is C23H25BrN4O3S. The monoisotopic (exact) mass is 516 g/mol. The highest BCUT2D eigenvalue weighted by atomic mass is 79.9. The topological polar surface area (TPSA) is 94.6 Å². The number of H-pyrrole nitrogens is 1. The fourth-order valence-corrected chi connectivity index (χ4v) is 4.86. The minimum atomic E-state index is -2.37. The Morgan fingerprint density at radius 1 is 1.19 bits per heavy atom. The molecule has 2 amide bonds. The van der Waals surface area contributed by atoms with Gasteiger partial charge in [-0.3, -0.25) is 13.8 Å². The van der Waals surface area contributed by atoms with Gasteiger partial charge in [-0.15, -0.1) is 0 Å². The summed E-state index contributed by atoms with van der Waals surface area (Å²) >= 11 is 3.45. The minimum absolute atomic E-state index is 0.132. The van der Waals surface area contributed by atoms with Crippen molar-refractivity contribution in [2.45, 2.75) is 18.5 Å². The molecule has 2 aromatic carbocycles. The number of aromatic nitrogens is 1. The number of hydrogen-bond acceptors (Lipinski definition) is 4. The van der Waals surface area contributed by atoms with Crippen LogP contribution in [-0.2, 0) is 14.5 Å². The highest BCUT2D eigenvalue weighted by molar-refractivity contribution is 9.10. The van der Waals surface area contributed by atoms with Gasteiger partial charge in [0.1, 0.15) is 12.2 Å². The van der Waals surface area contributed by atoms with Gasteiger partial charge in [0, 0.05) is 44.2 Å². The first-order valence-electron chi connectivity index (χ1n) is 10.3. The summed E-state index contributed by atoms with van der Waals surface area (Å²) in [6, 6.07) is 16.7. The van der Waals surface area contributed by atoms with Gasteiger partial charge in [0.15, 0.2) is 0 Å². The zero-order chi connectivity index (χ0) is 22.9. The minimum Gasteiger partial charge on any atom is -0.351 e. The van der Waals surface area contributed by atoms with Crippen LogP contribution < -0.4 is 5.32 Å². The van der Waals surface area contributed by atoms with Crippen LogP contribution in [0.4, 0.5) is 0 Å². The van der Waals surface area contributed by atoms with Crippen molar-refractivity contribution in [3.8, 4) is 0 Å². The van der Waals surface area contributed by atoms with Crippen LogP contribution in [0.2, 0.25) is 0 Å². The lowest BCUT2D eigenvalue weighted by Crippen LogP contribution is -2.42. The van der Waals surface area contributed by atoms with Gasteiger partial charge in [-0.25, -0.2) is 4.36 Å². The molecule has 0 spiro atoms. The van der Waals surface area contributed by atoms with Crippen LogP contribution in [0.5, 0.6) is 0 Å². The van der Waals surface area contributed by atoms with Gasteiger partial charge in [-0.2, -0.15) is 0 Å². The molecule has 2 atom stereocenters. The quantitative estimate of drug-likeness (QED) is 0.540. The van der Waals surface area contributed by atoms with E-state index in [9.17, 15) is 13.8 Å². The Kier molecular flexibility index (Phi) is 6.39. The molecule has 2 N–H and O–H groups in total. The average Bonchev–Trinajstić information content (AvgIpc) is 3.36. The van der Waals surface area contributed by atoms with E-state index in [2.05, 4.69) is 30.6 Å². The fourth-order valence-electron chi connectivity index (χ4n) is 4.06. The number of aromatic amines is 1. The Morgan fingerprint density at radius 2 is 1.94 bits per heavy atom. The lowest BCUT2D eigenvalue weighted by atomic mass is 10.00. The van der Waals surface area contributed by atoms with Gasteiger partial charge >= 0.3 is 0 Å². The van der Waals surface area contributed by atoms with Crippen molar-refractivity contribution in [2.75, 3.05) is 25.6 Å². The third kappa shape index (κ3) is 5.05. The zero-order valence-corrected chi connectivity index (χ0v) is 20.3. The lowest BCUT2D eigenvalue weighted by Gasteiger charge is -2.29. The number of nitrogens with one attached hydrogen (secondary N) is 2. The van der Waals surface area contributed by atoms with Gasteiger partial charge in [0.25, 0.3) is 5.91 Å². The zero-order valence-electron chi connectivity index (χ0n) is 17.9. The number of carbonyl (C=O) groups is 2. The third-order valence-corrected chi connectivity index (χ3v) is 6.76. The van der Waals surface area contributed by atoms with E-state index in [0.717, 1.165) is 20.9 Å². The number of halogens is 1. The molecule has 0 aliphatic carbocycles. The predicted octanol–water partition coefficient (Wildman–Crippen LogP) is 3.73. The first-order valence-corrected chi connectivity index (χ1v) is 13.4. The molecule has 2 unspecified atom stereocenters. The summed E-state index contributed by atoms with van der Waals surface area (Å²) in [6.45, 7) is 0.361. The summed E-state index contributed by atoms with van der Waals surface area (Å²) < 4.78 is 16.9. The lowest BCUT2D eigenvalue weighted by molar-refractivity contribution is -0.130. The number of nitrogens with zero attached hydrogens (tertiary/aromatic N) is 2. The summed E-state index contributed by atoms with van der Waals surface area (Å²) in [5.74, 6) is -0.408. The number of carbonyl (C=O) groups excluding carboxylic acids is 2. The average molecular weight is 517 g/mol. The Labute approximate surface area is 195 Å². The second kappa shape index (κ2) is 9.07. The molecule has 1 aliphatic heterocycles. The first kappa shape index (κ1) is 22.5. The van der Waals surface area contributed by atoms with Crippen LogP contribution in [0.1, 0.15) is 28.5 Å². The Bertz CT molecular complexity index is 1270. The molecule has 0 bridgehead atoms. The molecular weight excluding hydrogens is 492 g/mol. The molecule has 32 heavy (non-hydrogen) atoms. The third-order valence-electron chi connectivity index (χ3n) is 5.51. The van der Waals surface area contributed by atoms with E-state index in [1.165, 1.54) is 12.5 Å². The van der Waals surface area contributed by atoms with Crippen LogP contribution in [0.25, 0.3) is 10.9 Å². The van der Waals surface area contributed by atoms with E-state index >= 15 is 0 Å². The summed E-state index contributed by atoms with van der Waals surface area (Å²) in [6.07, 6.45) is 3.65. The van der Waals surface area contributed by atoms with E-state index < -0.39 is 9.73 Å². The van der Waals surface area contributed by atoms with E-state index in [4.69, 9.17) is 0 Å². The number of likely N-dealkylation sites (tertiary alicyclic amines) is 1. The van der Waals surface area contributed by atoms with E-state index in [1.54, 1.807) is 4.90 Å². The van der Waals surface area contributed by atoms with E-state index in [0.29, 0.717) is 18.7 Å². The molecule has 0 radical (unpaired) electrons. The molecule has 3 aromatic rings. The second-order valence-corrected chi connectivity index (χ2v) is 11.7. The maximum absolute atomic E-state index is 13.1. The highest BCUT2D eigenvalue weighted by Gasteiger charge is 2.39. The smallest absolute Gasteiger partial charge is 0.268 e. The van der Waals surface area contributed by atoms with Gasteiger partial charge in [-0.05, 0) is 36.2 Å². The Balaban J connectivity index is 1.58. The summed E-state index contributed by atoms with van der Waals surface area (Å²) in [7, 11) is -2.37. The Morgan fingerprint density at radius 3 is 2.66 bits per heavy atom. The maximum Gasteiger partial charge on any atom is 0.268 e. The van der Waals surface area contributed by atoms with Crippen LogP contribution >= 0.6 is 15.9 Å². The van der Waals surface area contributed by atoms with Crippen LogP contribution in [-0.4, -0.2) is 57.6 Å². The van der Waals surface area contributed by atoms with Crippen molar-refractivity contribution in [1.29, 1.82) is 0 Å². The molecule has 1 saturated heterocycles. The molecule has 9 heteroatoms. The van der Waals surface area contributed by atoms with Gasteiger partial charge in [0.05, 0.1) is 12.1 Å². The predicted molar refractivity (Wildman–Crippen MR) is 130 cm³/mol. The van der Waals surface area contributed by atoms with Gasteiger partial charge in [0.2, 0.25) is 5.91 Å². The molecule has 1 aromatic heterocycles. The number of hydrogen-bond donors (Lipinski definition) is 2. The van der Waals surface area contributed by atoms with Crippen molar-refractivity contribution in [2.24, 2.45) is 4.36 Å². The molecule has 0 saturated carbocycles. The summed E-state index contributed by atoms with van der Waals surface area (Å²) in [5, 5.41) is 4.05. The molecule has 168 valence electrons. The standard InChI is InChI=1S/C23H25BrN4O3S/c1-32(2,31)25-14-21(29)28-11-10-19(22(28)15-6-4-3-5-7-15)27-23(30)20-13-16-12-17(24)8-9-18(16)26-20/h3-9,12-13,19,22,26H,10-11,14H2,1-2H3,(H,27,30). The van der Waals surface area contributed by atoms with Crippen molar-refractivity contribution in [3.05, 3.63) is 70.3 Å². The summed E-state index contributed by atoms with van der Waals surface area (Å²) in [4.78, 5) is 30.9. The van der Waals surface area contributed by atoms with Gasteiger partial charge < -0.3 is 15.2 Å². The number of benzene rings is 2. The van der Waals surface area contributed by atoms with Crippen LogP contribution in [0.3, 0.4) is 0 Å². The Hall–Kier alpha value is -2.65. The maximum atomic E-state index is 13.1. The van der Waals surface area contributed by atoms with Crippen LogP contribution in [0.15, 0.2) is 63.4 Å². The number of fused-ring (bicyclic) bond motifs is 1. The van der Waals surface area contributed by atoms with Gasteiger partial charge in [-0.1, -0.05) is 46.3 Å². The van der Waals surface area contributed by atoms with Crippen molar-refractivity contribution < 1.29 is 13.8 Å². The SMILES string of the molecule is CS(C)(=O)=NCC(=O)N1CCC(NC(=O)c2cc3cc(Br)ccc3[nH]2)C1c1ccccc1. The first-order chi connectivity index (χ1) is 15.2. The molecule has 4 rings (SSSR count). The fraction of sp³-hybridized carbons (Fsp3) is 0.304. The summed E-state index contributed by atoms with van der Waals surface area (Å²) in [5.41, 5.74) is 2.30. The van der Waals surface area contributed by atoms with E-state index in [-0.39, 0.29) is 30.4 Å². The number of rotatable bonds is 5. The van der Waals surface area contributed by atoms with Crippen LogP contribution in [0, 0.1) is 0 Å². The second-order valence-electron chi connectivity index (χ2n) is 8.19. The largest absolute Gasteiger partial charge is 0.351 e. The normalized spacial score (nSPS) is 18.7. The molecule has 2 heterocycles. The highest BCUT2D eigenvalue weighted by Crippen LogP contribution is 2.33. The van der Waals surface area contributed by atoms with Crippen molar-refractivity contribution in [3.63, 3.8) is 0 Å². The molecule has 1 fully saturated rings.